The van der Waals surface area contributed by atoms with E-state index in [1.54, 1.807) is 0 Å². The first-order valence-electron chi connectivity index (χ1n) is 5.05. The van der Waals surface area contributed by atoms with Crippen LogP contribution in [0.4, 0.5) is 14.5 Å². The summed E-state index contributed by atoms with van der Waals surface area (Å²) in [6.07, 6.45) is 1.26. The summed E-state index contributed by atoms with van der Waals surface area (Å²) < 4.78 is 26.5. The van der Waals surface area contributed by atoms with Crippen LogP contribution in [0.1, 0.15) is 10.4 Å². The van der Waals surface area contributed by atoms with Crippen LogP contribution in [0.25, 0.3) is 0 Å². The molecule has 0 aliphatic carbocycles. The number of anilines is 1. The quantitative estimate of drug-likeness (QED) is 0.834. The lowest BCUT2D eigenvalue weighted by Gasteiger charge is -2.08. The maximum atomic E-state index is 13.5. The van der Waals surface area contributed by atoms with Gasteiger partial charge in [0.05, 0.1) is 11.3 Å². The Morgan fingerprint density at radius 1 is 1.32 bits per heavy atom. The molecule has 2 aromatic rings. The Labute approximate surface area is 120 Å². The number of rotatable bonds is 2. The summed E-state index contributed by atoms with van der Waals surface area (Å²) in [5.74, 6) is -2.19. The molecule has 1 amide bonds. The number of amides is 1. The van der Waals surface area contributed by atoms with Gasteiger partial charge in [0.15, 0.2) is 5.82 Å². The molecule has 19 heavy (non-hydrogen) atoms. The zero-order valence-corrected chi connectivity index (χ0v) is 11.6. The number of hydrogen-bond donors (Lipinski definition) is 1. The lowest BCUT2D eigenvalue weighted by molar-refractivity contribution is 0.102. The normalized spacial score (nSPS) is 10.3. The van der Waals surface area contributed by atoms with Crippen LogP contribution in [-0.2, 0) is 0 Å². The van der Waals surface area contributed by atoms with E-state index >= 15 is 0 Å². The van der Waals surface area contributed by atoms with E-state index in [2.05, 4.69) is 26.2 Å². The van der Waals surface area contributed by atoms with Crippen LogP contribution in [0, 0.1) is 11.6 Å². The Hall–Kier alpha value is -1.53. The minimum Gasteiger partial charge on any atom is -0.318 e. The number of benzene rings is 1. The van der Waals surface area contributed by atoms with Gasteiger partial charge in [-0.05, 0) is 34.1 Å². The van der Waals surface area contributed by atoms with Crippen molar-refractivity contribution in [2.24, 2.45) is 0 Å². The van der Waals surface area contributed by atoms with Crippen LogP contribution in [0.2, 0.25) is 5.15 Å². The average molecular weight is 348 g/mol. The number of halogens is 4. The smallest absolute Gasteiger partial charge is 0.257 e. The molecule has 0 radical (unpaired) electrons. The topological polar surface area (TPSA) is 42.0 Å². The fourth-order valence-corrected chi connectivity index (χ4v) is 1.98. The van der Waals surface area contributed by atoms with Crippen molar-refractivity contribution in [3.8, 4) is 0 Å². The highest BCUT2D eigenvalue weighted by atomic mass is 79.9. The second-order valence-corrected chi connectivity index (χ2v) is 4.81. The van der Waals surface area contributed by atoms with E-state index < -0.39 is 17.5 Å². The van der Waals surface area contributed by atoms with Crippen molar-refractivity contribution in [2.45, 2.75) is 0 Å². The number of carbonyl (C=O) groups is 1. The van der Waals surface area contributed by atoms with Gasteiger partial charge in [-0.2, -0.15) is 0 Å². The van der Waals surface area contributed by atoms with Gasteiger partial charge >= 0.3 is 0 Å². The van der Waals surface area contributed by atoms with Gasteiger partial charge in [-0.1, -0.05) is 11.6 Å². The van der Waals surface area contributed by atoms with Crippen LogP contribution in [0.15, 0.2) is 34.9 Å². The Morgan fingerprint density at radius 2 is 2.05 bits per heavy atom. The van der Waals surface area contributed by atoms with Gasteiger partial charge in [-0.25, -0.2) is 13.8 Å². The predicted octanol–water partition coefficient (Wildman–Crippen LogP) is 4.03. The van der Waals surface area contributed by atoms with Gasteiger partial charge in [0, 0.05) is 16.7 Å². The first kappa shape index (κ1) is 13.9. The van der Waals surface area contributed by atoms with Gasteiger partial charge < -0.3 is 5.32 Å². The molecule has 0 unspecified atom stereocenters. The summed E-state index contributed by atoms with van der Waals surface area (Å²) in [7, 11) is 0. The Morgan fingerprint density at radius 3 is 2.63 bits per heavy atom. The van der Waals surface area contributed by atoms with E-state index in [4.69, 9.17) is 11.6 Å². The lowest BCUT2D eigenvalue weighted by atomic mass is 10.2. The molecule has 2 rings (SSSR count). The number of aromatic nitrogens is 1. The van der Waals surface area contributed by atoms with Crippen LogP contribution < -0.4 is 5.32 Å². The van der Waals surface area contributed by atoms with Crippen molar-refractivity contribution in [3.63, 3.8) is 0 Å². The van der Waals surface area contributed by atoms with Crippen molar-refractivity contribution < 1.29 is 13.6 Å². The van der Waals surface area contributed by atoms with E-state index in [0.29, 0.717) is 6.07 Å². The number of nitrogens with zero attached hydrogens (tertiary/aromatic N) is 1. The van der Waals surface area contributed by atoms with Gasteiger partial charge in [0.1, 0.15) is 11.0 Å². The summed E-state index contributed by atoms with van der Waals surface area (Å²) in [6.45, 7) is 0. The van der Waals surface area contributed by atoms with E-state index in [1.165, 1.54) is 18.3 Å². The molecular weight excluding hydrogens is 341 g/mol. The van der Waals surface area contributed by atoms with Crippen molar-refractivity contribution in [1.82, 2.24) is 4.98 Å². The maximum absolute atomic E-state index is 13.5. The molecule has 0 aliphatic heterocycles. The first-order valence-corrected chi connectivity index (χ1v) is 6.22. The predicted molar refractivity (Wildman–Crippen MR) is 71.3 cm³/mol. The summed E-state index contributed by atoms with van der Waals surface area (Å²) in [5, 5.41) is 2.57. The van der Waals surface area contributed by atoms with Gasteiger partial charge in [0.2, 0.25) is 0 Å². The number of hydrogen-bond acceptors (Lipinski definition) is 2. The molecule has 1 N–H and O–H groups in total. The molecule has 0 saturated heterocycles. The maximum Gasteiger partial charge on any atom is 0.257 e. The minimum absolute atomic E-state index is 0.111. The monoisotopic (exact) mass is 346 g/mol. The molecule has 3 nitrogen and oxygen atoms in total. The molecule has 0 spiro atoms. The van der Waals surface area contributed by atoms with Gasteiger partial charge in [-0.15, -0.1) is 0 Å². The van der Waals surface area contributed by atoms with Gasteiger partial charge in [0.25, 0.3) is 5.91 Å². The second-order valence-electron chi connectivity index (χ2n) is 3.57. The van der Waals surface area contributed by atoms with Crippen LogP contribution >= 0.6 is 27.5 Å². The van der Waals surface area contributed by atoms with E-state index in [9.17, 15) is 13.6 Å². The molecule has 0 atom stereocenters. The standard InChI is InChI=1S/C12H6BrClF2N2O/c13-8-3-7(15)4-9(16)11(8)18-12(19)6-1-2-10(14)17-5-6/h1-5H,(H,18,19). The molecule has 0 fully saturated rings. The highest BCUT2D eigenvalue weighted by Gasteiger charge is 2.14. The fourth-order valence-electron chi connectivity index (χ4n) is 1.36. The van der Waals surface area contributed by atoms with Crippen molar-refractivity contribution >= 4 is 39.1 Å². The number of carbonyl (C=O) groups excluding carboxylic acids is 1. The third-order valence-corrected chi connectivity index (χ3v) is 3.08. The van der Waals surface area contributed by atoms with Crippen molar-refractivity contribution in [2.75, 3.05) is 5.32 Å². The molecule has 7 heteroatoms. The second kappa shape index (κ2) is 5.63. The van der Waals surface area contributed by atoms with Crippen molar-refractivity contribution in [3.05, 3.63) is 57.3 Å². The third-order valence-electron chi connectivity index (χ3n) is 2.23. The zero-order valence-electron chi connectivity index (χ0n) is 9.25. The highest BCUT2D eigenvalue weighted by Crippen LogP contribution is 2.27. The van der Waals surface area contributed by atoms with Crippen LogP contribution in [0.3, 0.4) is 0 Å². The molecule has 98 valence electrons. The third kappa shape index (κ3) is 3.27. The molecular formula is C12H6BrClF2N2O. The molecule has 0 saturated carbocycles. The summed E-state index contributed by atoms with van der Waals surface area (Å²) >= 11 is 8.57. The minimum atomic E-state index is -0.873. The molecule has 1 aromatic carbocycles. The molecule has 1 heterocycles. The van der Waals surface area contributed by atoms with Gasteiger partial charge in [-0.3, -0.25) is 4.79 Å². The van der Waals surface area contributed by atoms with Crippen LogP contribution in [-0.4, -0.2) is 10.9 Å². The van der Waals surface area contributed by atoms with E-state index in [-0.39, 0.29) is 20.9 Å². The lowest BCUT2D eigenvalue weighted by Crippen LogP contribution is -2.14. The molecule has 1 aromatic heterocycles. The Bertz CT molecular complexity index is 611. The van der Waals surface area contributed by atoms with E-state index in [1.807, 2.05) is 0 Å². The van der Waals surface area contributed by atoms with E-state index in [0.717, 1.165) is 6.07 Å². The number of pyridine rings is 1. The zero-order chi connectivity index (χ0) is 14.0. The Balaban J connectivity index is 2.26. The highest BCUT2D eigenvalue weighted by molar-refractivity contribution is 9.10. The summed E-state index contributed by atoms with van der Waals surface area (Å²) in [4.78, 5) is 15.6. The number of nitrogens with one attached hydrogen (secondary N) is 1. The average Bonchev–Trinajstić information content (AvgIpc) is 2.34. The summed E-state index contributed by atoms with van der Waals surface area (Å²) in [5.41, 5.74) is 0.0707. The molecule has 0 bridgehead atoms. The van der Waals surface area contributed by atoms with Crippen molar-refractivity contribution in [1.29, 1.82) is 0 Å². The Kier molecular flexibility index (Phi) is 4.11. The summed E-state index contributed by atoms with van der Waals surface area (Å²) in [6, 6.07) is 4.62. The largest absolute Gasteiger partial charge is 0.318 e. The molecule has 0 aliphatic rings. The van der Waals surface area contributed by atoms with Crippen LogP contribution in [0.5, 0.6) is 0 Å². The SMILES string of the molecule is O=C(Nc1c(F)cc(F)cc1Br)c1ccc(Cl)nc1. The fraction of sp³-hybridized carbons (Fsp3) is 0. The first-order chi connectivity index (χ1) is 8.97.